The van der Waals surface area contributed by atoms with Gasteiger partial charge in [0.15, 0.2) is 6.10 Å². The van der Waals surface area contributed by atoms with E-state index < -0.39 is 6.10 Å². The van der Waals surface area contributed by atoms with E-state index in [0.29, 0.717) is 43.1 Å². The number of ether oxygens (including phenoxy) is 2. The molecule has 2 aromatic carbocycles. The van der Waals surface area contributed by atoms with E-state index in [1.165, 1.54) is 0 Å². The van der Waals surface area contributed by atoms with Crippen molar-refractivity contribution in [2.24, 2.45) is 0 Å². The highest BCUT2D eigenvalue weighted by atomic mass is 16.5. The second-order valence-corrected chi connectivity index (χ2v) is 6.69. The summed E-state index contributed by atoms with van der Waals surface area (Å²) in [4.78, 5) is 35.7. The zero-order valence-corrected chi connectivity index (χ0v) is 18.1. The number of nitrogens with one attached hydrogen (secondary N) is 3. The molecule has 0 aliphatic rings. The number of benzene rings is 2. The van der Waals surface area contributed by atoms with Crippen molar-refractivity contribution >= 4 is 23.4 Å². The molecule has 31 heavy (non-hydrogen) atoms. The molecule has 2 rings (SSSR count). The lowest BCUT2D eigenvalue weighted by molar-refractivity contribution is -0.122. The molecular formula is C23H29N3O5. The highest BCUT2D eigenvalue weighted by molar-refractivity contribution is 5.96. The fraction of sp³-hybridized carbons (Fsp3) is 0.348. The minimum absolute atomic E-state index is 0.0601. The summed E-state index contributed by atoms with van der Waals surface area (Å²) in [6.07, 6.45) is -0.301. The highest BCUT2D eigenvalue weighted by Gasteiger charge is 2.15. The Labute approximate surface area is 182 Å². The molecule has 166 valence electrons. The summed E-state index contributed by atoms with van der Waals surface area (Å²) in [5.41, 5.74) is 1.01. The lowest BCUT2D eigenvalue weighted by atomic mass is 10.2. The van der Waals surface area contributed by atoms with E-state index in [2.05, 4.69) is 16.0 Å². The molecule has 3 amide bonds. The largest absolute Gasteiger partial charge is 0.494 e. The van der Waals surface area contributed by atoms with Gasteiger partial charge in [-0.15, -0.1) is 0 Å². The van der Waals surface area contributed by atoms with E-state index in [1.54, 1.807) is 62.4 Å². The van der Waals surface area contributed by atoms with Crippen LogP contribution in [0.5, 0.6) is 11.5 Å². The Balaban J connectivity index is 1.80. The average Bonchev–Trinajstić information content (AvgIpc) is 2.78. The molecule has 1 unspecified atom stereocenters. The molecule has 0 aliphatic heterocycles. The molecule has 0 bridgehead atoms. The molecule has 0 aliphatic carbocycles. The van der Waals surface area contributed by atoms with Crippen molar-refractivity contribution in [3.05, 3.63) is 54.1 Å². The van der Waals surface area contributed by atoms with E-state index >= 15 is 0 Å². The normalized spacial score (nSPS) is 11.2. The van der Waals surface area contributed by atoms with Crippen LogP contribution >= 0.6 is 0 Å². The minimum Gasteiger partial charge on any atom is -0.494 e. The molecular weight excluding hydrogens is 398 g/mol. The summed E-state index contributed by atoms with van der Waals surface area (Å²) in [5, 5.41) is 8.18. The van der Waals surface area contributed by atoms with Crippen LogP contribution in [0.2, 0.25) is 0 Å². The van der Waals surface area contributed by atoms with Crippen LogP contribution in [-0.4, -0.2) is 43.5 Å². The van der Waals surface area contributed by atoms with Crippen molar-refractivity contribution in [3.8, 4) is 11.5 Å². The second kappa shape index (κ2) is 12.2. The van der Waals surface area contributed by atoms with Gasteiger partial charge in [0.05, 0.1) is 6.61 Å². The highest BCUT2D eigenvalue weighted by Crippen LogP contribution is 2.19. The lowest BCUT2D eigenvalue weighted by Gasteiger charge is -2.15. The Morgan fingerprint density at radius 3 is 2.10 bits per heavy atom. The topological polar surface area (TPSA) is 106 Å². The van der Waals surface area contributed by atoms with Gasteiger partial charge in [0.1, 0.15) is 11.5 Å². The van der Waals surface area contributed by atoms with Crippen LogP contribution in [0, 0.1) is 0 Å². The molecule has 0 spiro atoms. The van der Waals surface area contributed by atoms with Crippen LogP contribution in [-0.2, 0) is 9.59 Å². The van der Waals surface area contributed by atoms with Crippen molar-refractivity contribution in [3.63, 3.8) is 0 Å². The summed E-state index contributed by atoms with van der Waals surface area (Å²) in [6, 6.07) is 13.6. The molecule has 1 atom stereocenters. The van der Waals surface area contributed by atoms with E-state index in [9.17, 15) is 14.4 Å². The van der Waals surface area contributed by atoms with Gasteiger partial charge in [0, 0.05) is 30.8 Å². The van der Waals surface area contributed by atoms with Gasteiger partial charge in [-0.1, -0.05) is 6.92 Å². The maximum Gasteiger partial charge on any atom is 0.265 e. The first-order valence-electron chi connectivity index (χ1n) is 10.3. The SMILES string of the molecule is CCOc1ccc(OC(C)C(=O)Nc2ccc(C(=O)NCCNC(=O)CC)cc2)cc1. The van der Waals surface area contributed by atoms with Gasteiger partial charge in [-0.05, 0) is 62.4 Å². The first-order valence-corrected chi connectivity index (χ1v) is 10.3. The third-order valence-corrected chi connectivity index (χ3v) is 4.29. The molecule has 0 saturated carbocycles. The quantitative estimate of drug-likeness (QED) is 0.478. The monoisotopic (exact) mass is 427 g/mol. The molecule has 0 radical (unpaired) electrons. The van der Waals surface area contributed by atoms with Gasteiger partial charge in [-0.2, -0.15) is 0 Å². The first-order chi connectivity index (χ1) is 14.9. The molecule has 2 aromatic rings. The third-order valence-electron chi connectivity index (χ3n) is 4.29. The van der Waals surface area contributed by atoms with Gasteiger partial charge >= 0.3 is 0 Å². The van der Waals surface area contributed by atoms with E-state index in [1.807, 2.05) is 6.92 Å². The summed E-state index contributed by atoms with van der Waals surface area (Å²) in [7, 11) is 0. The fourth-order valence-corrected chi connectivity index (χ4v) is 2.59. The molecule has 3 N–H and O–H groups in total. The Bertz CT molecular complexity index is 866. The van der Waals surface area contributed by atoms with Crippen LogP contribution in [0.3, 0.4) is 0 Å². The fourth-order valence-electron chi connectivity index (χ4n) is 2.59. The van der Waals surface area contributed by atoms with Crippen molar-refractivity contribution < 1.29 is 23.9 Å². The molecule has 8 heteroatoms. The Hall–Kier alpha value is -3.55. The van der Waals surface area contributed by atoms with Crippen LogP contribution in [0.15, 0.2) is 48.5 Å². The predicted molar refractivity (Wildman–Crippen MR) is 118 cm³/mol. The number of hydrogen-bond donors (Lipinski definition) is 3. The van der Waals surface area contributed by atoms with Crippen LogP contribution in [0.4, 0.5) is 5.69 Å². The number of carbonyl (C=O) groups is 3. The van der Waals surface area contributed by atoms with E-state index in [-0.39, 0.29) is 17.7 Å². The predicted octanol–water partition coefficient (Wildman–Crippen LogP) is 2.75. The number of carbonyl (C=O) groups excluding carboxylic acids is 3. The van der Waals surface area contributed by atoms with Gasteiger partial charge in [-0.3, -0.25) is 14.4 Å². The van der Waals surface area contributed by atoms with Crippen molar-refractivity contribution in [2.45, 2.75) is 33.3 Å². The molecule has 0 aromatic heterocycles. The second-order valence-electron chi connectivity index (χ2n) is 6.69. The van der Waals surface area contributed by atoms with E-state index in [4.69, 9.17) is 9.47 Å². The lowest BCUT2D eigenvalue weighted by Crippen LogP contribution is -2.34. The molecule has 0 heterocycles. The minimum atomic E-state index is -0.709. The number of anilines is 1. The van der Waals surface area contributed by atoms with Crippen molar-refractivity contribution in [1.29, 1.82) is 0 Å². The van der Waals surface area contributed by atoms with Gasteiger partial charge in [0.25, 0.3) is 11.8 Å². The molecule has 0 fully saturated rings. The first kappa shape index (κ1) is 23.7. The molecule has 0 saturated heterocycles. The van der Waals surface area contributed by atoms with Crippen LogP contribution in [0.25, 0.3) is 0 Å². The Morgan fingerprint density at radius 2 is 1.48 bits per heavy atom. The maximum absolute atomic E-state index is 12.4. The van der Waals surface area contributed by atoms with Crippen LogP contribution < -0.4 is 25.4 Å². The molecule has 8 nitrogen and oxygen atoms in total. The number of rotatable bonds is 11. The maximum atomic E-state index is 12.4. The zero-order chi connectivity index (χ0) is 22.6. The van der Waals surface area contributed by atoms with Crippen molar-refractivity contribution in [1.82, 2.24) is 10.6 Å². The zero-order valence-electron chi connectivity index (χ0n) is 18.1. The van der Waals surface area contributed by atoms with Gasteiger partial charge < -0.3 is 25.4 Å². The van der Waals surface area contributed by atoms with Gasteiger partial charge in [0.2, 0.25) is 5.91 Å². The van der Waals surface area contributed by atoms with Crippen LogP contribution in [0.1, 0.15) is 37.6 Å². The summed E-state index contributed by atoms with van der Waals surface area (Å²) >= 11 is 0. The van der Waals surface area contributed by atoms with E-state index in [0.717, 1.165) is 5.75 Å². The summed E-state index contributed by atoms with van der Waals surface area (Å²) in [5.74, 6) is 0.679. The van der Waals surface area contributed by atoms with Gasteiger partial charge in [-0.25, -0.2) is 0 Å². The Morgan fingerprint density at radius 1 is 0.871 bits per heavy atom. The summed E-state index contributed by atoms with van der Waals surface area (Å²) in [6.45, 7) is 6.62. The Kier molecular flexibility index (Phi) is 9.35. The summed E-state index contributed by atoms with van der Waals surface area (Å²) < 4.78 is 11.0. The number of hydrogen-bond acceptors (Lipinski definition) is 5. The van der Waals surface area contributed by atoms with Crippen molar-refractivity contribution in [2.75, 3.05) is 25.0 Å². The standard InChI is InChI=1S/C23H29N3O5/c1-4-21(27)24-14-15-25-23(29)17-6-8-18(9-7-17)26-22(28)16(3)31-20-12-10-19(11-13-20)30-5-2/h6-13,16H,4-5,14-15H2,1-3H3,(H,24,27)(H,25,29)(H,26,28). The smallest absolute Gasteiger partial charge is 0.265 e. The third kappa shape index (κ3) is 8.00. The average molecular weight is 428 g/mol. The number of amides is 3.